The van der Waals surface area contributed by atoms with Crippen LogP contribution in [0.4, 0.5) is 10.1 Å². The van der Waals surface area contributed by atoms with Crippen LogP contribution >= 0.6 is 0 Å². The molecule has 0 spiro atoms. The van der Waals surface area contributed by atoms with Crippen molar-refractivity contribution in [2.75, 3.05) is 5.12 Å². The molecule has 0 unspecified atom stereocenters. The molecule has 72 valence electrons. The van der Waals surface area contributed by atoms with Crippen molar-refractivity contribution in [1.82, 2.24) is 5.12 Å². The van der Waals surface area contributed by atoms with Crippen molar-refractivity contribution in [2.24, 2.45) is 10.9 Å². The third-order valence-electron chi connectivity index (χ3n) is 1.79. The van der Waals surface area contributed by atoms with E-state index in [0.717, 1.165) is 0 Å². The average molecular weight is 192 g/mol. The Morgan fingerprint density at radius 3 is 2.79 bits per heavy atom. The van der Waals surface area contributed by atoms with Crippen LogP contribution < -0.4 is 11.0 Å². The fraction of sp³-hybridized carbons (Fsp3) is 0. The highest BCUT2D eigenvalue weighted by molar-refractivity contribution is 5.73. The van der Waals surface area contributed by atoms with Gasteiger partial charge in [-0.25, -0.2) is 15.4 Å². The van der Waals surface area contributed by atoms with Crippen LogP contribution in [-0.4, -0.2) is 11.3 Å². The second kappa shape index (κ2) is 3.47. The molecule has 0 fully saturated rings. The highest BCUT2D eigenvalue weighted by Gasteiger charge is 2.14. The molecular weight excluding hydrogens is 183 g/mol. The smallest absolute Gasteiger partial charge is 0.150 e. The van der Waals surface area contributed by atoms with Crippen molar-refractivity contribution in [3.8, 4) is 0 Å². The zero-order valence-electron chi connectivity index (χ0n) is 7.34. The Balaban J connectivity index is 2.36. The predicted octanol–water partition coefficient (Wildman–Crippen LogP) is 1.24. The summed E-state index contributed by atoms with van der Waals surface area (Å²) in [5, 5.41) is 6.40. The molecule has 1 aromatic rings. The number of anilines is 1. The molecule has 0 aliphatic carbocycles. The molecule has 0 atom stereocenters. The van der Waals surface area contributed by atoms with E-state index in [4.69, 9.17) is 5.84 Å². The van der Waals surface area contributed by atoms with Crippen LogP contribution in [0.3, 0.4) is 0 Å². The zero-order valence-corrected chi connectivity index (χ0v) is 7.34. The summed E-state index contributed by atoms with van der Waals surface area (Å²) < 4.78 is 13.3. The Morgan fingerprint density at radius 1 is 1.29 bits per heavy atom. The Bertz CT molecular complexity index is 388. The minimum absolute atomic E-state index is 0.315. The molecule has 1 aromatic carbocycles. The summed E-state index contributed by atoms with van der Waals surface area (Å²) in [7, 11) is 0. The fourth-order valence-electron chi connectivity index (χ4n) is 1.15. The molecule has 5 heteroatoms. The lowest BCUT2D eigenvalue weighted by Gasteiger charge is -2.28. The van der Waals surface area contributed by atoms with Gasteiger partial charge in [-0.3, -0.25) is 0 Å². The van der Waals surface area contributed by atoms with E-state index < -0.39 is 0 Å². The van der Waals surface area contributed by atoms with Gasteiger partial charge in [-0.1, -0.05) is 12.1 Å². The van der Waals surface area contributed by atoms with Crippen molar-refractivity contribution in [3.05, 3.63) is 42.4 Å². The van der Waals surface area contributed by atoms with Gasteiger partial charge in [-0.15, -0.1) is 0 Å². The van der Waals surface area contributed by atoms with Gasteiger partial charge < -0.3 is 0 Å². The molecule has 0 saturated carbocycles. The van der Waals surface area contributed by atoms with Gasteiger partial charge in [0.1, 0.15) is 5.69 Å². The van der Waals surface area contributed by atoms with E-state index in [9.17, 15) is 4.39 Å². The van der Waals surface area contributed by atoms with Crippen LogP contribution in [0.2, 0.25) is 0 Å². The normalized spacial score (nSPS) is 15.0. The van der Waals surface area contributed by atoms with Gasteiger partial charge in [0.05, 0.1) is 6.21 Å². The Hall–Kier alpha value is -1.88. The zero-order chi connectivity index (χ0) is 9.97. The van der Waals surface area contributed by atoms with Crippen LogP contribution in [0.1, 0.15) is 0 Å². The first-order valence-corrected chi connectivity index (χ1v) is 4.08. The summed E-state index contributed by atoms with van der Waals surface area (Å²) in [6.45, 7) is 0. The maximum Gasteiger partial charge on any atom is 0.150 e. The number of hydrazine groups is 2. The molecule has 1 aliphatic rings. The number of allylic oxidation sites excluding steroid dienone is 1. The number of para-hydroxylation sites is 1. The first kappa shape index (κ1) is 8.71. The molecule has 2 N–H and O–H groups in total. The van der Waals surface area contributed by atoms with Crippen LogP contribution in [0.25, 0.3) is 0 Å². The topological polar surface area (TPSA) is 44.9 Å². The molecule has 4 nitrogen and oxygen atoms in total. The van der Waals surface area contributed by atoms with E-state index in [1.807, 2.05) is 0 Å². The van der Waals surface area contributed by atoms with E-state index in [1.165, 1.54) is 22.5 Å². The van der Waals surface area contributed by atoms with Crippen molar-refractivity contribution in [2.45, 2.75) is 0 Å². The van der Waals surface area contributed by atoms with Gasteiger partial charge in [-0.05, 0) is 18.2 Å². The largest absolute Gasteiger partial charge is 0.227 e. The number of rotatable bonds is 1. The molecule has 0 aromatic heterocycles. The van der Waals surface area contributed by atoms with E-state index in [2.05, 4.69) is 5.10 Å². The van der Waals surface area contributed by atoms with Gasteiger partial charge >= 0.3 is 0 Å². The molecule has 1 heterocycles. The van der Waals surface area contributed by atoms with Crippen molar-refractivity contribution >= 4 is 11.9 Å². The third-order valence-corrected chi connectivity index (χ3v) is 1.79. The number of nitrogens with zero attached hydrogens (tertiary/aromatic N) is 3. The van der Waals surface area contributed by atoms with Crippen molar-refractivity contribution in [3.63, 3.8) is 0 Å². The molecule has 0 bridgehead atoms. The van der Waals surface area contributed by atoms with Crippen LogP contribution in [0.15, 0.2) is 41.6 Å². The predicted molar refractivity (Wildman–Crippen MR) is 52.5 cm³/mol. The van der Waals surface area contributed by atoms with Crippen molar-refractivity contribution in [1.29, 1.82) is 0 Å². The number of hydrazone groups is 1. The molecule has 0 saturated heterocycles. The molecule has 14 heavy (non-hydrogen) atoms. The second-order valence-corrected chi connectivity index (χ2v) is 2.73. The maximum absolute atomic E-state index is 13.3. The molecule has 0 amide bonds. The van der Waals surface area contributed by atoms with E-state index in [0.29, 0.717) is 5.69 Å². The molecule has 1 aliphatic heterocycles. The van der Waals surface area contributed by atoms with E-state index in [1.54, 1.807) is 30.5 Å². The summed E-state index contributed by atoms with van der Waals surface area (Å²) in [6, 6.07) is 6.30. The fourth-order valence-corrected chi connectivity index (χ4v) is 1.15. The summed E-state index contributed by atoms with van der Waals surface area (Å²) in [6.07, 6.45) is 4.78. The average Bonchev–Trinajstić information content (AvgIpc) is 2.20. The number of nitrogens with two attached hydrogens (primary N) is 1. The summed E-state index contributed by atoms with van der Waals surface area (Å²) in [5.74, 6) is 5.21. The quantitative estimate of drug-likeness (QED) is 0.681. The van der Waals surface area contributed by atoms with Gasteiger partial charge in [0.2, 0.25) is 0 Å². The first-order chi connectivity index (χ1) is 6.79. The lowest BCUT2D eigenvalue weighted by atomic mass is 10.3. The lowest BCUT2D eigenvalue weighted by Crippen LogP contribution is -2.42. The Kier molecular flexibility index (Phi) is 2.16. The summed E-state index contributed by atoms with van der Waals surface area (Å²) in [4.78, 5) is 0. The van der Waals surface area contributed by atoms with Gasteiger partial charge in [0.25, 0.3) is 0 Å². The lowest BCUT2D eigenvalue weighted by molar-refractivity contribution is 0.355. The van der Waals surface area contributed by atoms with Crippen molar-refractivity contribution < 1.29 is 4.39 Å². The Labute approximate surface area is 80.7 Å². The first-order valence-electron chi connectivity index (χ1n) is 4.08. The summed E-state index contributed by atoms with van der Waals surface area (Å²) in [5.41, 5.74) is 0.315. The monoisotopic (exact) mass is 192 g/mol. The van der Waals surface area contributed by atoms with E-state index in [-0.39, 0.29) is 5.82 Å². The van der Waals surface area contributed by atoms with Crippen LogP contribution in [-0.2, 0) is 0 Å². The SMILES string of the molecule is NN1C=CC=NN1c1ccccc1F. The number of halogens is 1. The van der Waals surface area contributed by atoms with Crippen LogP contribution in [0, 0.1) is 5.82 Å². The van der Waals surface area contributed by atoms with E-state index >= 15 is 0 Å². The van der Waals surface area contributed by atoms with Gasteiger partial charge in [-0.2, -0.15) is 10.2 Å². The number of hydrogen-bond acceptors (Lipinski definition) is 4. The third kappa shape index (κ3) is 1.45. The molecule has 0 radical (unpaired) electrons. The number of benzene rings is 1. The minimum Gasteiger partial charge on any atom is -0.227 e. The summed E-state index contributed by atoms with van der Waals surface area (Å²) >= 11 is 0. The van der Waals surface area contributed by atoms with Gasteiger partial charge in [0.15, 0.2) is 5.82 Å². The number of hydrogen-bond donors (Lipinski definition) is 1. The second-order valence-electron chi connectivity index (χ2n) is 2.73. The Morgan fingerprint density at radius 2 is 2.07 bits per heavy atom. The van der Waals surface area contributed by atoms with Crippen LogP contribution in [0.5, 0.6) is 0 Å². The van der Waals surface area contributed by atoms with Gasteiger partial charge in [0, 0.05) is 6.20 Å². The highest BCUT2D eigenvalue weighted by Crippen LogP contribution is 2.20. The molecular formula is C9H9FN4. The highest BCUT2D eigenvalue weighted by atomic mass is 19.1. The maximum atomic E-state index is 13.3. The molecule has 2 rings (SSSR count). The standard InChI is InChI=1S/C9H9FN4/c10-8-4-1-2-5-9(8)14-12-6-3-7-13(14)11/h1-7H,11H2. The minimum atomic E-state index is -0.365.